The largest absolute Gasteiger partial charge is 0.431 e. The number of rotatable bonds is 4. The van der Waals surface area contributed by atoms with Gasteiger partial charge in [-0.2, -0.15) is 26.3 Å². The van der Waals surface area contributed by atoms with E-state index in [4.69, 9.17) is 4.42 Å². The number of hydrogen-bond donors (Lipinski definition) is 1. The predicted octanol–water partition coefficient (Wildman–Crippen LogP) is 5.53. The van der Waals surface area contributed by atoms with Crippen LogP contribution in [0, 0.1) is 5.82 Å². The molecule has 0 unspecified atom stereocenters. The highest BCUT2D eigenvalue weighted by molar-refractivity contribution is 7.87. The van der Waals surface area contributed by atoms with Gasteiger partial charge in [0.2, 0.25) is 0 Å². The molecule has 0 aliphatic heterocycles. The highest BCUT2D eigenvalue weighted by Crippen LogP contribution is 2.51. The van der Waals surface area contributed by atoms with Crippen molar-refractivity contribution in [3.05, 3.63) is 75.8 Å². The molecule has 4 rings (SSSR count). The normalized spacial score (nSPS) is 13.8. The molecule has 2 aromatic carbocycles. The molecule has 0 saturated heterocycles. The summed E-state index contributed by atoms with van der Waals surface area (Å²) in [4.78, 5) is 13.7. The van der Waals surface area contributed by atoms with E-state index in [1.807, 2.05) is 0 Å². The topological polar surface area (TPSA) is 80.4 Å². The van der Waals surface area contributed by atoms with E-state index in [2.05, 4.69) is 4.98 Å². The fourth-order valence-corrected chi connectivity index (χ4v) is 5.57. The summed E-state index contributed by atoms with van der Waals surface area (Å²) in [6, 6.07) is 10.1. The summed E-state index contributed by atoms with van der Waals surface area (Å²) in [6.07, 6.45) is -12.1. The Labute approximate surface area is 196 Å². The summed E-state index contributed by atoms with van der Waals surface area (Å²) in [7, 11) is -2.38. The Balaban J connectivity index is 1.76. The van der Waals surface area contributed by atoms with Crippen molar-refractivity contribution in [2.45, 2.75) is 27.2 Å². The molecule has 0 amide bonds. The first-order valence-corrected chi connectivity index (χ1v) is 11.3. The van der Waals surface area contributed by atoms with Gasteiger partial charge in [0.1, 0.15) is 22.2 Å². The van der Waals surface area contributed by atoms with Crippen molar-refractivity contribution in [3.63, 3.8) is 0 Å². The van der Waals surface area contributed by atoms with E-state index in [0.717, 1.165) is 12.1 Å². The van der Waals surface area contributed by atoms with E-state index in [0.29, 0.717) is 16.5 Å². The Morgan fingerprint density at radius 3 is 2.17 bits per heavy atom. The van der Waals surface area contributed by atoms with Gasteiger partial charge in [0.05, 0.1) is 4.88 Å². The molecule has 14 heteroatoms. The maximum atomic E-state index is 13.2. The highest BCUT2D eigenvalue weighted by Gasteiger charge is 2.72. The molecule has 0 spiro atoms. The monoisotopic (exact) mass is 537 g/mol. The zero-order valence-corrected chi connectivity index (χ0v) is 18.4. The van der Waals surface area contributed by atoms with Crippen LogP contribution in [0.2, 0.25) is 0 Å². The molecule has 1 N–H and O–H groups in total. The molecule has 0 fully saturated rings. The molecule has 0 aliphatic rings. The Morgan fingerprint density at radius 1 is 0.943 bits per heavy atom. The quantitative estimate of drug-likeness (QED) is 0.273. The van der Waals surface area contributed by atoms with Crippen LogP contribution >= 0.6 is 11.3 Å². The number of fused-ring (bicyclic) bond motifs is 1. The summed E-state index contributed by atoms with van der Waals surface area (Å²) in [5.41, 5.74) is -5.27. The first-order valence-electron chi connectivity index (χ1n) is 9.30. The van der Waals surface area contributed by atoms with Gasteiger partial charge in [0.25, 0.3) is 5.60 Å². The Bertz CT molecular complexity index is 1480. The fourth-order valence-electron chi connectivity index (χ4n) is 3.18. The van der Waals surface area contributed by atoms with E-state index < -0.39 is 49.4 Å². The number of aromatic nitrogens is 1. The molecule has 0 bridgehead atoms. The van der Waals surface area contributed by atoms with Gasteiger partial charge < -0.3 is 9.52 Å². The zero-order valence-electron chi connectivity index (χ0n) is 16.8. The van der Waals surface area contributed by atoms with E-state index in [9.17, 15) is 44.8 Å². The molecule has 184 valence electrons. The summed E-state index contributed by atoms with van der Waals surface area (Å²) in [6.45, 7) is 0. The van der Waals surface area contributed by atoms with Crippen LogP contribution in [0.5, 0.6) is 0 Å². The lowest BCUT2D eigenvalue weighted by molar-refractivity contribution is -0.375. The van der Waals surface area contributed by atoms with Crippen molar-refractivity contribution >= 4 is 33.1 Å². The van der Waals surface area contributed by atoms with Crippen LogP contribution in [0.1, 0.15) is 4.88 Å². The van der Waals surface area contributed by atoms with Gasteiger partial charge in [-0.3, -0.25) is 0 Å². The lowest BCUT2D eigenvalue weighted by Crippen LogP contribution is -2.53. The van der Waals surface area contributed by atoms with Gasteiger partial charge in [-0.1, -0.05) is 12.1 Å². The maximum absolute atomic E-state index is 13.2. The third kappa shape index (κ3) is 4.36. The van der Waals surface area contributed by atoms with Crippen LogP contribution in [0.4, 0.5) is 30.7 Å². The van der Waals surface area contributed by atoms with Crippen molar-refractivity contribution in [3.8, 4) is 11.1 Å². The van der Waals surface area contributed by atoms with E-state index in [-0.39, 0.29) is 28.0 Å². The molecule has 5 nitrogen and oxygen atoms in total. The molecular weight excluding hydrogens is 527 g/mol. The maximum Gasteiger partial charge on any atom is 0.431 e. The highest BCUT2D eigenvalue weighted by atomic mass is 32.2. The lowest BCUT2D eigenvalue weighted by Gasteiger charge is -2.30. The molecule has 35 heavy (non-hydrogen) atoms. The number of alkyl halides is 6. The number of aliphatic hydroxyl groups is 1. The number of hydrogen-bond acceptors (Lipinski definition) is 6. The second-order valence-electron chi connectivity index (χ2n) is 7.11. The van der Waals surface area contributed by atoms with E-state index in [1.54, 1.807) is 0 Å². The average molecular weight is 537 g/mol. The summed E-state index contributed by atoms with van der Waals surface area (Å²) < 4.78 is 109. The second-order valence-corrected chi connectivity index (χ2v) is 9.79. The molecular formula is C21H10F7NO4S2. The minimum absolute atomic E-state index is 0.0819. The predicted molar refractivity (Wildman–Crippen MR) is 111 cm³/mol. The fraction of sp³-hybridized carbons (Fsp3) is 0.143. The summed E-state index contributed by atoms with van der Waals surface area (Å²) in [5, 5.41) is 9.84. The number of halogens is 7. The van der Waals surface area contributed by atoms with E-state index >= 15 is 0 Å². The standard InChI is InChI=1S/C21H10F7NO4S2/c22-11-3-1-10(2-4-11)14-8-17(30)33-15-7-12(5-6-13(14)15)35(32)18-29-9-16(34-18)19(31,20(23,24)25)21(26,27)28/h1-9,31H/t35-/m0/s1. The smallest absolute Gasteiger partial charge is 0.423 e. The number of nitrogens with zero attached hydrogens (tertiary/aromatic N) is 1. The zero-order chi connectivity index (χ0) is 25.8. The van der Waals surface area contributed by atoms with Crippen molar-refractivity contribution in [2.24, 2.45) is 0 Å². The molecule has 0 aliphatic carbocycles. The van der Waals surface area contributed by atoms with Crippen LogP contribution in [0.25, 0.3) is 22.1 Å². The number of thiazole rings is 1. The first-order chi connectivity index (χ1) is 16.2. The van der Waals surface area contributed by atoms with Crippen LogP contribution in [-0.2, 0) is 16.4 Å². The summed E-state index contributed by atoms with van der Waals surface area (Å²) in [5.74, 6) is -0.510. The molecule has 2 heterocycles. The van der Waals surface area contributed by atoms with E-state index in [1.165, 1.54) is 36.4 Å². The Morgan fingerprint density at radius 2 is 1.57 bits per heavy atom. The van der Waals surface area contributed by atoms with Gasteiger partial charge in [-0.25, -0.2) is 18.4 Å². The molecule has 4 aromatic rings. The van der Waals surface area contributed by atoms with Crippen LogP contribution in [0.15, 0.2) is 73.2 Å². The van der Waals surface area contributed by atoms with Crippen molar-refractivity contribution in [1.29, 1.82) is 0 Å². The van der Waals surface area contributed by atoms with Crippen molar-refractivity contribution in [2.75, 3.05) is 0 Å². The molecule has 0 saturated carbocycles. The molecule has 0 radical (unpaired) electrons. The van der Waals surface area contributed by atoms with Crippen LogP contribution < -0.4 is 5.63 Å². The van der Waals surface area contributed by atoms with Gasteiger partial charge in [-0.05, 0) is 41.5 Å². The Hall–Kier alpha value is -3.10. The first kappa shape index (κ1) is 25.0. The Kier molecular flexibility index (Phi) is 6.10. The van der Waals surface area contributed by atoms with Crippen LogP contribution in [0.3, 0.4) is 0 Å². The SMILES string of the molecule is O=c1cc(-c2ccc(F)cc2)c2ccc([S@](=O)c3ncc(C(O)(C(F)(F)F)C(F)(F)F)s3)cc2o1. The van der Waals surface area contributed by atoms with Crippen molar-refractivity contribution < 1.29 is 44.5 Å². The second kappa shape index (κ2) is 8.53. The number of benzene rings is 2. The summed E-state index contributed by atoms with van der Waals surface area (Å²) >= 11 is -0.223. The minimum atomic E-state index is -6.11. The minimum Gasteiger partial charge on any atom is -0.423 e. The third-order valence-electron chi connectivity index (χ3n) is 4.91. The van der Waals surface area contributed by atoms with Gasteiger partial charge in [-0.15, -0.1) is 11.3 Å². The molecule has 1 atom stereocenters. The molecule has 2 aromatic heterocycles. The van der Waals surface area contributed by atoms with Gasteiger partial charge in [0.15, 0.2) is 4.34 Å². The van der Waals surface area contributed by atoms with Crippen LogP contribution in [-0.4, -0.2) is 26.7 Å². The van der Waals surface area contributed by atoms with Gasteiger partial charge in [0, 0.05) is 22.5 Å². The average Bonchev–Trinajstić information content (AvgIpc) is 3.26. The van der Waals surface area contributed by atoms with Crippen molar-refractivity contribution in [1.82, 2.24) is 4.98 Å². The lowest BCUT2D eigenvalue weighted by atomic mass is 10.0. The van der Waals surface area contributed by atoms with Gasteiger partial charge >= 0.3 is 18.0 Å². The third-order valence-corrected chi connectivity index (χ3v) is 7.62.